The van der Waals surface area contributed by atoms with Gasteiger partial charge in [0, 0.05) is 26.5 Å². The van der Waals surface area contributed by atoms with E-state index in [2.05, 4.69) is 4.98 Å². The number of amides is 1. The Hall–Kier alpha value is -1.91. The second kappa shape index (κ2) is 5.82. The SMILES string of the molecule is C[C@H](OC(=O)C(C)(C)c1cccnc1)C(=O)N(C)C. The van der Waals surface area contributed by atoms with Crippen LogP contribution in [0.5, 0.6) is 0 Å². The minimum Gasteiger partial charge on any atom is -0.452 e. The van der Waals surface area contributed by atoms with Crippen LogP contribution >= 0.6 is 0 Å². The summed E-state index contributed by atoms with van der Waals surface area (Å²) in [5.41, 5.74) is -0.0840. The number of hydrogen-bond acceptors (Lipinski definition) is 4. The van der Waals surface area contributed by atoms with Crippen molar-refractivity contribution in [2.45, 2.75) is 32.3 Å². The van der Waals surface area contributed by atoms with Crippen LogP contribution < -0.4 is 0 Å². The first-order valence-corrected chi connectivity index (χ1v) is 6.09. The second-order valence-electron chi connectivity index (χ2n) is 5.15. The van der Waals surface area contributed by atoms with Gasteiger partial charge in [0.25, 0.3) is 5.91 Å². The van der Waals surface area contributed by atoms with Gasteiger partial charge in [-0.15, -0.1) is 0 Å². The molecule has 1 atom stereocenters. The third-order valence-electron chi connectivity index (χ3n) is 2.97. The van der Waals surface area contributed by atoms with E-state index in [1.807, 2.05) is 6.07 Å². The fourth-order valence-electron chi connectivity index (χ4n) is 1.57. The van der Waals surface area contributed by atoms with Crippen LogP contribution in [0.15, 0.2) is 24.5 Å². The van der Waals surface area contributed by atoms with Crippen molar-refractivity contribution in [2.24, 2.45) is 0 Å². The van der Waals surface area contributed by atoms with Gasteiger partial charge in [0.1, 0.15) is 0 Å². The van der Waals surface area contributed by atoms with Gasteiger partial charge in [-0.25, -0.2) is 0 Å². The molecule has 1 heterocycles. The average Bonchev–Trinajstić information content (AvgIpc) is 2.38. The predicted octanol–water partition coefficient (Wildman–Crippen LogP) is 1.38. The molecule has 0 spiro atoms. The maximum atomic E-state index is 12.2. The quantitative estimate of drug-likeness (QED) is 0.771. The molecule has 0 bridgehead atoms. The number of esters is 1. The van der Waals surface area contributed by atoms with Crippen LogP contribution in [0.1, 0.15) is 26.3 Å². The van der Waals surface area contributed by atoms with E-state index < -0.39 is 17.5 Å². The van der Waals surface area contributed by atoms with Crippen LogP contribution in [0.4, 0.5) is 0 Å². The standard InChI is InChI=1S/C14H20N2O3/c1-10(12(17)16(4)5)19-13(18)14(2,3)11-7-6-8-15-9-11/h6-10H,1-5H3/t10-/m0/s1. The number of nitrogens with zero attached hydrogens (tertiary/aromatic N) is 2. The first-order chi connectivity index (χ1) is 8.76. The minimum atomic E-state index is -0.838. The summed E-state index contributed by atoms with van der Waals surface area (Å²) in [5, 5.41) is 0. The lowest BCUT2D eigenvalue weighted by Gasteiger charge is -2.25. The van der Waals surface area contributed by atoms with Crippen molar-refractivity contribution in [3.63, 3.8) is 0 Å². The fourth-order valence-corrected chi connectivity index (χ4v) is 1.57. The van der Waals surface area contributed by atoms with Crippen LogP contribution in [0, 0.1) is 0 Å². The molecule has 0 aliphatic carbocycles. The number of aromatic nitrogens is 1. The van der Waals surface area contributed by atoms with Gasteiger partial charge < -0.3 is 9.64 Å². The van der Waals surface area contributed by atoms with Gasteiger partial charge in [0.05, 0.1) is 5.41 Å². The summed E-state index contributed by atoms with van der Waals surface area (Å²) < 4.78 is 5.23. The smallest absolute Gasteiger partial charge is 0.316 e. The Bertz CT molecular complexity index is 455. The molecule has 1 aromatic rings. The van der Waals surface area contributed by atoms with E-state index in [1.165, 1.54) is 4.90 Å². The summed E-state index contributed by atoms with van der Waals surface area (Å²) in [7, 11) is 3.25. The van der Waals surface area contributed by atoms with Crippen molar-refractivity contribution in [1.29, 1.82) is 0 Å². The van der Waals surface area contributed by atoms with Crippen molar-refractivity contribution < 1.29 is 14.3 Å². The molecular weight excluding hydrogens is 244 g/mol. The first kappa shape index (κ1) is 15.1. The summed E-state index contributed by atoms with van der Waals surface area (Å²) in [5.74, 6) is -0.682. The topological polar surface area (TPSA) is 59.5 Å². The Labute approximate surface area is 113 Å². The molecule has 1 amide bonds. The molecule has 0 N–H and O–H groups in total. The summed E-state index contributed by atoms with van der Waals surface area (Å²) in [4.78, 5) is 29.3. The Morgan fingerprint density at radius 2 is 2.00 bits per heavy atom. The Morgan fingerprint density at radius 1 is 1.37 bits per heavy atom. The molecule has 0 fully saturated rings. The largest absolute Gasteiger partial charge is 0.452 e. The van der Waals surface area contributed by atoms with Gasteiger partial charge in [0.2, 0.25) is 0 Å². The van der Waals surface area contributed by atoms with E-state index in [9.17, 15) is 9.59 Å². The molecule has 1 aromatic heterocycles. The summed E-state index contributed by atoms with van der Waals surface area (Å²) in [6.07, 6.45) is 2.47. The van der Waals surface area contributed by atoms with Crippen LogP contribution in [0.25, 0.3) is 0 Å². The van der Waals surface area contributed by atoms with E-state index in [-0.39, 0.29) is 5.91 Å². The van der Waals surface area contributed by atoms with Crippen molar-refractivity contribution >= 4 is 11.9 Å². The number of carbonyl (C=O) groups excluding carboxylic acids is 2. The number of carbonyl (C=O) groups is 2. The lowest BCUT2D eigenvalue weighted by molar-refractivity contribution is -0.162. The molecule has 5 nitrogen and oxygen atoms in total. The average molecular weight is 264 g/mol. The monoisotopic (exact) mass is 264 g/mol. The van der Waals surface area contributed by atoms with Gasteiger partial charge in [-0.3, -0.25) is 14.6 Å². The predicted molar refractivity (Wildman–Crippen MR) is 71.5 cm³/mol. The Morgan fingerprint density at radius 3 is 2.47 bits per heavy atom. The highest BCUT2D eigenvalue weighted by atomic mass is 16.5. The van der Waals surface area contributed by atoms with E-state index in [1.54, 1.807) is 53.3 Å². The first-order valence-electron chi connectivity index (χ1n) is 6.09. The third-order valence-corrected chi connectivity index (χ3v) is 2.97. The highest BCUT2D eigenvalue weighted by Crippen LogP contribution is 2.24. The highest BCUT2D eigenvalue weighted by molar-refractivity contribution is 5.87. The minimum absolute atomic E-state index is 0.240. The van der Waals surface area contributed by atoms with E-state index in [4.69, 9.17) is 4.74 Å². The molecule has 104 valence electrons. The molecule has 0 aliphatic heterocycles. The molecule has 0 saturated carbocycles. The molecule has 0 radical (unpaired) electrons. The molecule has 5 heteroatoms. The maximum absolute atomic E-state index is 12.2. The molecule has 0 unspecified atom stereocenters. The Kier molecular flexibility index (Phi) is 4.64. The number of likely N-dealkylation sites (N-methyl/N-ethyl adjacent to an activating group) is 1. The molecule has 1 rings (SSSR count). The van der Waals surface area contributed by atoms with Crippen molar-refractivity contribution in [3.8, 4) is 0 Å². The van der Waals surface area contributed by atoms with Gasteiger partial charge in [-0.1, -0.05) is 6.07 Å². The molecule has 19 heavy (non-hydrogen) atoms. The molecule has 0 aliphatic rings. The Balaban J connectivity index is 2.80. The number of ether oxygens (including phenoxy) is 1. The van der Waals surface area contributed by atoms with Crippen molar-refractivity contribution in [3.05, 3.63) is 30.1 Å². The normalized spacial score (nSPS) is 12.7. The number of hydrogen-bond donors (Lipinski definition) is 0. The number of rotatable bonds is 4. The van der Waals surface area contributed by atoms with Crippen LogP contribution in [-0.2, 0) is 19.7 Å². The van der Waals surface area contributed by atoms with E-state index in [0.717, 1.165) is 5.56 Å². The fraction of sp³-hybridized carbons (Fsp3) is 0.500. The zero-order valence-corrected chi connectivity index (χ0v) is 12.0. The van der Waals surface area contributed by atoms with Gasteiger partial charge in [-0.2, -0.15) is 0 Å². The lowest BCUT2D eigenvalue weighted by atomic mass is 9.86. The van der Waals surface area contributed by atoms with Gasteiger partial charge >= 0.3 is 5.97 Å². The van der Waals surface area contributed by atoms with Gasteiger partial charge in [0.15, 0.2) is 6.10 Å². The number of pyridine rings is 1. The van der Waals surface area contributed by atoms with Crippen molar-refractivity contribution in [1.82, 2.24) is 9.88 Å². The van der Waals surface area contributed by atoms with Gasteiger partial charge in [-0.05, 0) is 32.4 Å². The second-order valence-corrected chi connectivity index (χ2v) is 5.15. The zero-order chi connectivity index (χ0) is 14.6. The van der Waals surface area contributed by atoms with Crippen molar-refractivity contribution in [2.75, 3.05) is 14.1 Å². The maximum Gasteiger partial charge on any atom is 0.316 e. The highest BCUT2D eigenvalue weighted by Gasteiger charge is 2.34. The van der Waals surface area contributed by atoms with Crippen LogP contribution in [0.3, 0.4) is 0 Å². The lowest BCUT2D eigenvalue weighted by Crippen LogP contribution is -2.40. The van der Waals surface area contributed by atoms with E-state index >= 15 is 0 Å². The summed E-state index contributed by atoms with van der Waals surface area (Å²) in [6, 6.07) is 3.57. The summed E-state index contributed by atoms with van der Waals surface area (Å²) >= 11 is 0. The zero-order valence-electron chi connectivity index (χ0n) is 12.0. The third kappa shape index (κ3) is 3.53. The summed E-state index contributed by atoms with van der Waals surface area (Å²) in [6.45, 7) is 5.07. The molecule has 0 aromatic carbocycles. The van der Waals surface area contributed by atoms with Crippen LogP contribution in [-0.4, -0.2) is 42.0 Å². The van der Waals surface area contributed by atoms with Crippen LogP contribution in [0.2, 0.25) is 0 Å². The van der Waals surface area contributed by atoms with E-state index in [0.29, 0.717) is 0 Å². The molecule has 0 saturated heterocycles. The molecular formula is C14H20N2O3.